The Labute approximate surface area is 95.1 Å². The van der Waals surface area contributed by atoms with Crippen molar-refractivity contribution in [1.82, 2.24) is 0 Å². The number of hydrogen-bond acceptors (Lipinski definition) is 3. The summed E-state index contributed by atoms with van der Waals surface area (Å²) in [5.41, 5.74) is 0.494. The summed E-state index contributed by atoms with van der Waals surface area (Å²) in [4.78, 5) is 11.5. The highest BCUT2D eigenvalue weighted by Gasteiger charge is 2.08. The Morgan fingerprint density at radius 1 is 1.25 bits per heavy atom. The zero-order chi connectivity index (χ0) is 12.0. The highest BCUT2D eigenvalue weighted by Crippen LogP contribution is 2.03. The van der Waals surface area contributed by atoms with Gasteiger partial charge in [-0.2, -0.15) is 0 Å². The van der Waals surface area contributed by atoms with Crippen LogP contribution in [0.1, 0.15) is 24.2 Å². The Hall–Kier alpha value is -1.79. The quantitative estimate of drug-likeness (QED) is 0.606. The molecule has 2 atom stereocenters. The number of carbonyl (C=O) groups excluding carboxylic acids is 1. The minimum absolute atomic E-state index is 0.409. The Kier molecular flexibility index (Phi) is 4.56. The number of hydrogen-bond donors (Lipinski definition) is 1. The van der Waals surface area contributed by atoms with E-state index >= 15 is 0 Å². The summed E-state index contributed by atoms with van der Waals surface area (Å²) in [5.74, 6) is 4.76. The minimum atomic E-state index is -0.710. The predicted octanol–water partition coefficient (Wildman–Crippen LogP) is 1.62. The number of aliphatic hydroxyl groups excluding tert-OH is 1. The highest BCUT2D eigenvalue weighted by atomic mass is 16.5. The predicted molar refractivity (Wildman–Crippen MR) is 60.8 cm³/mol. The molecule has 1 aromatic carbocycles. The van der Waals surface area contributed by atoms with Crippen LogP contribution in [0.4, 0.5) is 0 Å². The molecule has 0 saturated heterocycles. The van der Waals surface area contributed by atoms with Crippen molar-refractivity contribution in [2.45, 2.75) is 26.1 Å². The number of aliphatic hydroxyl groups is 1. The largest absolute Gasteiger partial charge is 0.446 e. The zero-order valence-corrected chi connectivity index (χ0v) is 9.31. The molecule has 3 nitrogen and oxygen atoms in total. The second-order valence-corrected chi connectivity index (χ2v) is 3.38. The van der Waals surface area contributed by atoms with Gasteiger partial charge in [0, 0.05) is 0 Å². The van der Waals surface area contributed by atoms with Crippen LogP contribution in [-0.2, 0) is 4.74 Å². The van der Waals surface area contributed by atoms with Gasteiger partial charge in [0.25, 0.3) is 0 Å². The number of ether oxygens (including phenoxy) is 1. The molecule has 0 amide bonds. The standard InChI is InChI=1S/C13H14O3/c1-10(14)8-9-11(2)16-13(15)12-6-4-3-5-7-12/h3-7,10-11,14H,1-2H3. The fraction of sp³-hybridized carbons (Fsp3) is 0.308. The van der Waals surface area contributed by atoms with Crippen molar-refractivity contribution in [3.8, 4) is 11.8 Å². The number of benzene rings is 1. The summed E-state index contributed by atoms with van der Waals surface area (Å²) in [7, 11) is 0. The van der Waals surface area contributed by atoms with Crippen LogP contribution in [0, 0.1) is 11.8 Å². The van der Waals surface area contributed by atoms with E-state index in [0.717, 1.165) is 0 Å². The van der Waals surface area contributed by atoms with Gasteiger partial charge >= 0.3 is 5.97 Å². The number of esters is 1. The zero-order valence-electron chi connectivity index (χ0n) is 9.31. The molecular weight excluding hydrogens is 204 g/mol. The van der Waals surface area contributed by atoms with Gasteiger partial charge in [-0.1, -0.05) is 30.0 Å². The normalized spacial score (nSPS) is 13.2. The van der Waals surface area contributed by atoms with Crippen molar-refractivity contribution in [2.24, 2.45) is 0 Å². The van der Waals surface area contributed by atoms with E-state index in [-0.39, 0.29) is 0 Å². The Morgan fingerprint density at radius 2 is 1.88 bits per heavy atom. The summed E-state index contributed by atoms with van der Waals surface area (Å²) < 4.78 is 5.06. The molecule has 0 aliphatic carbocycles. The fourth-order valence-corrected chi connectivity index (χ4v) is 1.07. The molecule has 0 spiro atoms. The molecule has 0 aromatic heterocycles. The summed E-state index contributed by atoms with van der Waals surface area (Å²) in [5, 5.41) is 8.94. The SMILES string of the molecule is CC(O)C#CC(C)OC(=O)c1ccccc1. The van der Waals surface area contributed by atoms with Crippen LogP contribution in [0.3, 0.4) is 0 Å². The second-order valence-electron chi connectivity index (χ2n) is 3.38. The molecule has 2 unspecified atom stereocenters. The van der Waals surface area contributed by atoms with Gasteiger partial charge in [-0.25, -0.2) is 4.79 Å². The van der Waals surface area contributed by atoms with Crippen molar-refractivity contribution in [2.75, 3.05) is 0 Å². The molecular formula is C13H14O3. The fourth-order valence-electron chi connectivity index (χ4n) is 1.07. The van der Waals surface area contributed by atoms with Crippen molar-refractivity contribution in [3.05, 3.63) is 35.9 Å². The first-order chi connectivity index (χ1) is 7.59. The van der Waals surface area contributed by atoms with Gasteiger partial charge in [-0.15, -0.1) is 0 Å². The maximum atomic E-state index is 11.5. The smallest absolute Gasteiger partial charge is 0.339 e. The molecule has 1 aromatic rings. The van der Waals surface area contributed by atoms with Crippen LogP contribution < -0.4 is 0 Å². The van der Waals surface area contributed by atoms with Gasteiger partial charge in [0.1, 0.15) is 6.10 Å². The molecule has 0 fully saturated rings. The summed E-state index contributed by atoms with van der Waals surface area (Å²) in [6, 6.07) is 8.72. The van der Waals surface area contributed by atoms with Gasteiger partial charge in [0.15, 0.2) is 6.10 Å². The van der Waals surface area contributed by atoms with E-state index < -0.39 is 18.2 Å². The van der Waals surface area contributed by atoms with Crippen LogP contribution >= 0.6 is 0 Å². The molecule has 0 heterocycles. The molecule has 1 N–H and O–H groups in total. The molecule has 1 rings (SSSR count). The Morgan fingerprint density at radius 3 is 2.44 bits per heavy atom. The van der Waals surface area contributed by atoms with Gasteiger partial charge < -0.3 is 9.84 Å². The molecule has 0 saturated carbocycles. The molecule has 0 radical (unpaired) electrons. The molecule has 0 aliphatic rings. The second kappa shape index (κ2) is 5.94. The Bertz CT molecular complexity index is 398. The van der Waals surface area contributed by atoms with E-state index in [0.29, 0.717) is 5.56 Å². The van der Waals surface area contributed by atoms with Crippen LogP contribution in [0.5, 0.6) is 0 Å². The third kappa shape index (κ3) is 4.16. The third-order valence-corrected chi connectivity index (χ3v) is 1.79. The Balaban J connectivity index is 2.57. The van der Waals surface area contributed by atoms with Crippen LogP contribution in [-0.4, -0.2) is 23.3 Å². The van der Waals surface area contributed by atoms with Crippen molar-refractivity contribution >= 4 is 5.97 Å². The molecule has 16 heavy (non-hydrogen) atoms. The van der Waals surface area contributed by atoms with Crippen molar-refractivity contribution < 1.29 is 14.6 Å². The van der Waals surface area contributed by atoms with Crippen LogP contribution in [0.15, 0.2) is 30.3 Å². The molecule has 3 heteroatoms. The van der Waals surface area contributed by atoms with E-state index in [1.165, 1.54) is 0 Å². The monoisotopic (exact) mass is 218 g/mol. The lowest BCUT2D eigenvalue weighted by Crippen LogP contribution is -2.13. The molecule has 84 valence electrons. The maximum absolute atomic E-state index is 11.5. The number of rotatable bonds is 2. The maximum Gasteiger partial charge on any atom is 0.339 e. The first-order valence-corrected chi connectivity index (χ1v) is 5.04. The van der Waals surface area contributed by atoms with E-state index in [2.05, 4.69) is 11.8 Å². The first-order valence-electron chi connectivity index (χ1n) is 5.04. The molecule has 0 aliphatic heterocycles. The van der Waals surface area contributed by atoms with Gasteiger partial charge in [0.05, 0.1) is 5.56 Å². The lowest BCUT2D eigenvalue weighted by molar-refractivity contribution is 0.0438. The average molecular weight is 218 g/mol. The lowest BCUT2D eigenvalue weighted by atomic mass is 10.2. The average Bonchev–Trinajstić information content (AvgIpc) is 2.27. The highest BCUT2D eigenvalue weighted by molar-refractivity contribution is 5.89. The van der Waals surface area contributed by atoms with Crippen molar-refractivity contribution in [1.29, 1.82) is 0 Å². The topological polar surface area (TPSA) is 46.5 Å². The molecule has 0 bridgehead atoms. The summed E-state index contributed by atoms with van der Waals surface area (Å²) in [6.45, 7) is 3.22. The van der Waals surface area contributed by atoms with E-state index in [1.54, 1.807) is 38.1 Å². The van der Waals surface area contributed by atoms with Crippen LogP contribution in [0.2, 0.25) is 0 Å². The van der Waals surface area contributed by atoms with Crippen molar-refractivity contribution in [3.63, 3.8) is 0 Å². The van der Waals surface area contributed by atoms with E-state index in [1.807, 2.05) is 6.07 Å². The van der Waals surface area contributed by atoms with E-state index in [9.17, 15) is 4.79 Å². The number of carbonyl (C=O) groups is 1. The first kappa shape index (κ1) is 12.3. The summed E-state index contributed by atoms with van der Waals surface area (Å²) in [6.07, 6.45) is -1.24. The lowest BCUT2D eigenvalue weighted by Gasteiger charge is -2.07. The van der Waals surface area contributed by atoms with Gasteiger partial charge in [-0.3, -0.25) is 0 Å². The summed E-state index contributed by atoms with van der Waals surface area (Å²) >= 11 is 0. The van der Waals surface area contributed by atoms with Gasteiger partial charge in [-0.05, 0) is 26.0 Å². The third-order valence-electron chi connectivity index (χ3n) is 1.79. The van der Waals surface area contributed by atoms with Gasteiger partial charge in [0.2, 0.25) is 0 Å². The van der Waals surface area contributed by atoms with E-state index in [4.69, 9.17) is 9.84 Å². The van der Waals surface area contributed by atoms with Crippen LogP contribution in [0.25, 0.3) is 0 Å². The minimum Gasteiger partial charge on any atom is -0.446 e.